The summed E-state index contributed by atoms with van der Waals surface area (Å²) in [5.74, 6) is 0.0307. The molecule has 1 amide bonds. The lowest BCUT2D eigenvalue weighted by atomic mass is 10.3. The number of rotatable bonds is 4. The van der Waals surface area contributed by atoms with E-state index in [0.717, 1.165) is 6.42 Å². The van der Waals surface area contributed by atoms with Crippen molar-refractivity contribution in [2.24, 2.45) is 0 Å². The Morgan fingerprint density at radius 1 is 1.15 bits per heavy atom. The zero-order valence-electron chi connectivity index (χ0n) is 13.8. The van der Waals surface area contributed by atoms with Crippen molar-refractivity contribution in [3.8, 4) is 0 Å². The van der Waals surface area contributed by atoms with Crippen molar-refractivity contribution < 1.29 is 13.2 Å². The second-order valence-corrected chi connectivity index (χ2v) is 8.32. The molecule has 1 aliphatic rings. The second kappa shape index (κ2) is 6.41. The summed E-state index contributed by atoms with van der Waals surface area (Å²) in [6.45, 7) is 0.841. The zero-order valence-corrected chi connectivity index (χ0v) is 15.4. The number of carbonyl (C=O) groups excluding carboxylic acids is 1. The summed E-state index contributed by atoms with van der Waals surface area (Å²) >= 11 is 6.18. The van der Waals surface area contributed by atoms with Crippen LogP contribution in [-0.2, 0) is 21.4 Å². The van der Waals surface area contributed by atoms with Gasteiger partial charge in [0.05, 0.1) is 22.7 Å². The van der Waals surface area contributed by atoms with E-state index in [1.807, 2.05) is 0 Å². The van der Waals surface area contributed by atoms with E-state index in [2.05, 4.69) is 4.98 Å². The standard InChI is InChI=1S/C18H16ClN3O3S/c19-18-15-11-13(12-21-10-4-7-17(21)23)22(16(15)8-9-20-18)26(24,25)14-5-2-1-3-6-14/h1-3,5-6,8-9,11H,4,7,10,12H2. The van der Waals surface area contributed by atoms with Crippen molar-refractivity contribution in [1.29, 1.82) is 0 Å². The molecule has 134 valence electrons. The van der Waals surface area contributed by atoms with Gasteiger partial charge in [-0.15, -0.1) is 0 Å². The highest BCUT2D eigenvalue weighted by atomic mass is 35.5. The van der Waals surface area contributed by atoms with Crippen LogP contribution in [0.1, 0.15) is 18.5 Å². The van der Waals surface area contributed by atoms with Crippen LogP contribution >= 0.6 is 11.6 Å². The molecule has 0 saturated carbocycles. The summed E-state index contributed by atoms with van der Waals surface area (Å²) in [7, 11) is -3.84. The molecule has 0 unspecified atom stereocenters. The van der Waals surface area contributed by atoms with E-state index in [1.54, 1.807) is 47.4 Å². The van der Waals surface area contributed by atoms with Crippen molar-refractivity contribution in [3.05, 3.63) is 59.5 Å². The van der Waals surface area contributed by atoms with E-state index in [-0.39, 0.29) is 22.5 Å². The maximum atomic E-state index is 13.3. The average molecular weight is 390 g/mol. The number of nitrogens with zero attached hydrogens (tertiary/aromatic N) is 3. The van der Waals surface area contributed by atoms with Gasteiger partial charge in [-0.3, -0.25) is 4.79 Å². The Kier molecular flexibility index (Phi) is 4.20. The van der Waals surface area contributed by atoms with Gasteiger partial charge in [-0.25, -0.2) is 17.4 Å². The second-order valence-electron chi connectivity index (χ2n) is 6.17. The molecule has 1 fully saturated rings. The molecule has 0 bridgehead atoms. The van der Waals surface area contributed by atoms with Crippen LogP contribution in [0.4, 0.5) is 0 Å². The lowest BCUT2D eigenvalue weighted by molar-refractivity contribution is -0.128. The summed E-state index contributed by atoms with van der Waals surface area (Å²) in [6, 6.07) is 11.5. The molecular formula is C18H16ClN3O3S. The van der Waals surface area contributed by atoms with E-state index in [0.29, 0.717) is 29.6 Å². The van der Waals surface area contributed by atoms with Gasteiger partial charge in [0.25, 0.3) is 10.0 Å². The molecule has 1 aromatic carbocycles. The Morgan fingerprint density at radius 2 is 1.92 bits per heavy atom. The van der Waals surface area contributed by atoms with Crippen LogP contribution in [0.5, 0.6) is 0 Å². The van der Waals surface area contributed by atoms with E-state index >= 15 is 0 Å². The van der Waals surface area contributed by atoms with Crippen LogP contribution in [0, 0.1) is 0 Å². The SMILES string of the molecule is O=C1CCCN1Cc1cc2c(Cl)nccc2n1S(=O)(=O)c1ccccc1. The van der Waals surface area contributed by atoms with Crippen LogP contribution < -0.4 is 0 Å². The Labute approximate surface area is 156 Å². The third-order valence-corrected chi connectivity index (χ3v) is 6.60. The first-order valence-corrected chi connectivity index (χ1v) is 10.0. The number of pyridine rings is 1. The van der Waals surface area contributed by atoms with Gasteiger partial charge in [-0.2, -0.15) is 0 Å². The number of likely N-dealkylation sites (tertiary alicyclic amines) is 1. The van der Waals surface area contributed by atoms with Gasteiger partial charge in [0.15, 0.2) is 0 Å². The van der Waals surface area contributed by atoms with Crippen molar-refractivity contribution >= 4 is 38.4 Å². The fourth-order valence-corrected chi connectivity index (χ4v) is 5.04. The maximum absolute atomic E-state index is 13.3. The van der Waals surface area contributed by atoms with E-state index in [4.69, 9.17) is 11.6 Å². The Hall–Kier alpha value is -2.38. The van der Waals surface area contributed by atoms with Gasteiger partial charge in [0, 0.05) is 24.5 Å². The molecule has 2 aromatic heterocycles. The molecule has 1 saturated heterocycles. The number of halogens is 1. The van der Waals surface area contributed by atoms with Crippen molar-refractivity contribution in [2.45, 2.75) is 24.3 Å². The Bertz CT molecular complexity index is 1090. The maximum Gasteiger partial charge on any atom is 0.268 e. The molecule has 1 aliphatic heterocycles. The minimum Gasteiger partial charge on any atom is -0.337 e. The van der Waals surface area contributed by atoms with Gasteiger partial charge >= 0.3 is 0 Å². The van der Waals surface area contributed by atoms with Crippen LogP contribution in [0.3, 0.4) is 0 Å². The third-order valence-electron chi connectivity index (χ3n) is 4.51. The number of hydrogen-bond donors (Lipinski definition) is 0. The molecule has 0 aliphatic carbocycles. The molecule has 0 spiro atoms. The third kappa shape index (κ3) is 2.77. The monoisotopic (exact) mass is 389 g/mol. The molecule has 0 atom stereocenters. The highest BCUT2D eigenvalue weighted by Crippen LogP contribution is 2.30. The van der Waals surface area contributed by atoms with Crippen molar-refractivity contribution in [1.82, 2.24) is 13.9 Å². The molecule has 8 heteroatoms. The molecular weight excluding hydrogens is 374 g/mol. The average Bonchev–Trinajstić information content (AvgIpc) is 3.21. The number of benzene rings is 1. The van der Waals surface area contributed by atoms with Crippen LogP contribution in [0.2, 0.25) is 5.15 Å². The summed E-state index contributed by atoms with van der Waals surface area (Å²) in [6.07, 6.45) is 2.76. The zero-order chi connectivity index (χ0) is 18.3. The number of hydrogen-bond acceptors (Lipinski definition) is 4. The number of fused-ring (bicyclic) bond motifs is 1. The molecule has 4 rings (SSSR count). The first kappa shape index (κ1) is 17.1. The van der Waals surface area contributed by atoms with Gasteiger partial charge in [-0.1, -0.05) is 29.8 Å². The minimum atomic E-state index is -3.84. The quantitative estimate of drug-likeness (QED) is 0.643. The first-order chi connectivity index (χ1) is 12.5. The summed E-state index contributed by atoms with van der Waals surface area (Å²) in [5.41, 5.74) is 0.949. The largest absolute Gasteiger partial charge is 0.337 e. The Balaban J connectivity index is 1.93. The summed E-state index contributed by atoms with van der Waals surface area (Å²) in [5, 5.41) is 0.786. The van der Waals surface area contributed by atoms with Crippen LogP contribution in [-0.4, -0.2) is 34.7 Å². The molecule has 3 aromatic rings. The highest BCUT2D eigenvalue weighted by Gasteiger charge is 2.27. The van der Waals surface area contributed by atoms with E-state index in [1.165, 1.54) is 10.2 Å². The lowest BCUT2D eigenvalue weighted by Crippen LogP contribution is -2.26. The van der Waals surface area contributed by atoms with Gasteiger partial charge in [0.2, 0.25) is 5.91 Å². The fourth-order valence-electron chi connectivity index (χ4n) is 3.29. The molecule has 0 radical (unpaired) electrons. The van der Waals surface area contributed by atoms with Crippen molar-refractivity contribution in [2.75, 3.05) is 6.54 Å². The fraction of sp³-hybridized carbons (Fsp3) is 0.222. The summed E-state index contributed by atoms with van der Waals surface area (Å²) in [4.78, 5) is 17.9. The van der Waals surface area contributed by atoms with Crippen LogP contribution in [0.15, 0.2) is 53.6 Å². The van der Waals surface area contributed by atoms with Gasteiger partial charge < -0.3 is 4.90 Å². The normalized spacial score (nSPS) is 15.1. The summed E-state index contributed by atoms with van der Waals surface area (Å²) < 4.78 is 27.9. The Morgan fingerprint density at radius 3 is 2.62 bits per heavy atom. The highest BCUT2D eigenvalue weighted by molar-refractivity contribution is 7.90. The van der Waals surface area contributed by atoms with E-state index < -0.39 is 10.0 Å². The topological polar surface area (TPSA) is 72.3 Å². The predicted octanol–water partition coefficient (Wildman–Crippen LogP) is 3.05. The molecule has 3 heterocycles. The molecule has 0 N–H and O–H groups in total. The van der Waals surface area contributed by atoms with Gasteiger partial charge in [-0.05, 0) is 30.7 Å². The number of carbonyl (C=O) groups is 1. The smallest absolute Gasteiger partial charge is 0.268 e. The lowest BCUT2D eigenvalue weighted by Gasteiger charge is -2.18. The van der Waals surface area contributed by atoms with Gasteiger partial charge in [0.1, 0.15) is 5.15 Å². The predicted molar refractivity (Wildman–Crippen MR) is 98.4 cm³/mol. The first-order valence-electron chi connectivity index (χ1n) is 8.22. The van der Waals surface area contributed by atoms with E-state index in [9.17, 15) is 13.2 Å². The molecule has 6 nitrogen and oxygen atoms in total. The number of aromatic nitrogens is 2. The number of amides is 1. The van der Waals surface area contributed by atoms with Crippen LogP contribution in [0.25, 0.3) is 10.9 Å². The van der Waals surface area contributed by atoms with Crippen molar-refractivity contribution in [3.63, 3.8) is 0 Å². The minimum absolute atomic E-state index is 0.0307. The molecule has 26 heavy (non-hydrogen) atoms.